The maximum absolute atomic E-state index is 10.9. The van der Waals surface area contributed by atoms with Crippen LogP contribution in [-0.4, -0.2) is 17.1 Å². The molecule has 1 aromatic rings. The van der Waals surface area contributed by atoms with Gasteiger partial charge in [0.1, 0.15) is 6.61 Å². The molecule has 100 valence electrons. The van der Waals surface area contributed by atoms with E-state index in [4.69, 9.17) is 10.5 Å². The standard InChI is InChI=1S/C11H13BrN2O3.ClH/c1-7-4-8(12)10(9(5-7)14(15)16)17-6-11(13)2-3-11;/h4-5H,2-3,6,13H2,1H3;1H. The normalized spacial score (nSPS) is 15.7. The van der Waals surface area contributed by atoms with Gasteiger partial charge in [0, 0.05) is 6.07 Å². The highest BCUT2D eigenvalue weighted by Crippen LogP contribution is 2.39. The third kappa shape index (κ3) is 3.34. The van der Waals surface area contributed by atoms with E-state index < -0.39 is 4.92 Å². The van der Waals surface area contributed by atoms with E-state index in [9.17, 15) is 10.1 Å². The van der Waals surface area contributed by atoms with Gasteiger partial charge in [-0.2, -0.15) is 0 Å². The first-order chi connectivity index (χ1) is 7.91. The molecule has 1 aliphatic carbocycles. The Morgan fingerprint density at radius 3 is 2.67 bits per heavy atom. The second-order valence-corrected chi connectivity index (χ2v) is 5.36. The molecule has 1 fully saturated rings. The first kappa shape index (κ1) is 15.2. The Hall–Kier alpha value is -0.850. The number of halogens is 2. The van der Waals surface area contributed by atoms with Crippen LogP contribution in [0.3, 0.4) is 0 Å². The summed E-state index contributed by atoms with van der Waals surface area (Å²) in [5.74, 6) is 0.261. The Labute approximate surface area is 119 Å². The lowest BCUT2D eigenvalue weighted by Crippen LogP contribution is -2.30. The lowest BCUT2D eigenvalue weighted by molar-refractivity contribution is -0.386. The highest BCUT2D eigenvalue weighted by Gasteiger charge is 2.39. The average molecular weight is 338 g/mol. The minimum atomic E-state index is -0.441. The van der Waals surface area contributed by atoms with Crippen LogP contribution in [-0.2, 0) is 0 Å². The fraction of sp³-hybridized carbons (Fsp3) is 0.455. The zero-order valence-electron chi connectivity index (χ0n) is 9.81. The zero-order chi connectivity index (χ0) is 12.6. The van der Waals surface area contributed by atoms with Crippen LogP contribution in [0.2, 0.25) is 0 Å². The first-order valence-electron chi connectivity index (χ1n) is 5.27. The summed E-state index contributed by atoms with van der Waals surface area (Å²) in [7, 11) is 0. The molecule has 18 heavy (non-hydrogen) atoms. The summed E-state index contributed by atoms with van der Waals surface area (Å²) in [5.41, 5.74) is 6.38. The van der Waals surface area contributed by atoms with Gasteiger partial charge < -0.3 is 10.5 Å². The lowest BCUT2D eigenvalue weighted by Gasteiger charge is -2.13. The van der Waals surface area contributed by atoms with Gasteiger partial charge in [0.2, 0.25) is 5.75 Å². The van der Waals surface area contributed by atoms with Crippen molar-refractivity contribution in [3.05, 3.63) is 32.3 Å². The number of rotatable bonds is 4. The number of ether oxygens (including phenoxy) is 1. The van der Waals surface area contributed by atoms with Crippen molar-refractivity contribution in [3.63, 3.8) is 0 Å². The van der Waals surface area contributed by atoms with Gasteiger partial charge in [-0.15, -0.1) is 12.4 Å². The molecule has 5 nitrogen and oxygen atoms in total. The van der Waals surface area contributed by atoms with E-state index in [1.54, 1.807) is 13.0 Å². The second-order valence-electron chi connectivity index (χ2n) is 4.50. The molecule has 0 bridgehead atoms. The number of nitrogens with two attached hydrogens (primary N) is 1. The van der Waals surface area contributed by atoms with Crippen molar-refractivity contribution in [2.24, 2.45) is 5.73 Å². The van der Waals surface area contributed by atoms with Gasteiger partial charge in [-0.1, -0.05) is 0 Å². The van der Waals surface area contributed by atoms with E-state index in [0.717, 1.165) is 18.4 Å². The summed E-state index contributed by atoms with van der Waals surface area (Å²) in [6.07, 6.45) is 1.81. The van der Waals surface area contributed by atoms with Crippen LogP contribution in [0.4, 0.5) is 5.69 Å². The molecule has 1 aromatic carbocycles. The molecule has 0 aliphatic heterocycles. The summed E-state index contributed by atoms with van der Waals surface area (Å²) < 4.78 is 6.09. The maximum Gasteiger partial charge on any atom is 0.312 e. The molecule has 0 heterocycles. The van der Waals surface area contributed by atoms with Gasteiger partial charge in [0.05, 0.1) is 14.9 Å². The van der Waals surface area contributed by atoms with Gasteiger partial charge in [-0.3, -0.25) is 10.1 Å². The van der Waals surface area contributed by atoms with Crippen LogP contribution in [0, 0.1) is 17.0 Å². The highest BCUT2D eigenvalue weighted by molar-refractivity contribution is 9.10. The lowest BCUT2D eigenvalue weighted by atomic mass is 10.2. The number of nitro benzene ring substituents is 1. The van der Waals surface area contributed by atoms with Crippen molar-refractivity contribution in [2.45, 2.75) is 25.3 Å². The van der Waals surface area contributed by atoms with Gasteiger partial charge in [-0.05, 0) is 47.3 Å². The Balaban J connectivity index is 0.00000162. The smallest absolute Gasteiger partial charge is 0.312 e. The minimum Gasteiger partial charge on any atom is -0.484 e. The van der Waals surface area contributed by atoms with Crippen LogP contribution in [0.5, 0.6) is 5.75 Å². The zero-order valence-corrected chi connectivity index (χ0v) is 12.2. The summed E-state index contributed by atoms with van der Waals surface area (Å²) >= 11 is 3.28. The van der Waals surface area contributed by atoms with E-state index in [0.29, 0.717) is 11.1 Å². The molecule has 0 radical (unpaired) electrons. The van der Waals surface area contributed by atoms with Crippen LogP contribution < -0.4 is 10.5 Å². The summed E-state index contributed by atoms with van der Waals surface area (Å²) in [6, 6.07) is 3.29. The number of nitro groups is 1. The second kappa shape index (κ2) is 5.42. The van der Waals surface area contributed by atoms with Crippen LogP contribution >= 0.6 is 28.3 Å². The van der Waals surface area contributed by atoms with Crippen molar-refractivity contribution in [1.82, 2.24) is 0 Å². The van der Waals surface area contributed by atoms with E-state index in [-0.39, 0.29) is 29.4 Å². The molecule has 1 saturated carbocycles. The predicted octanol–water partition coefficient (Wildman–Crippen LogP) is 2.96. The fourth-order valence-corrected chi connectivity index (χ4v) is 2.19. The van der Waals surface area contributed by atoms with Crippen molar-refractivity contribution in [1.29, 1.82) is 0 Å². The monoisotopic (exact) mass is 336 g/mol. The van der Waals surface area contributed by atoms with Crippen molar-refractivity contribution >= 4 is 34.0 Å². The third-order valence-corrected chi connectivity index (χ3v) is 3.35. The Bertz CT molecular complexity index is 478. The average Bonchev–Trinajstić information content (AvgIpc) is 2.94. The summed E-state index contributed by atoms with van der Waals surface area (Å²) in [4.78, 5) is 10.5. The largest absolute Gasteiger partial charge is 0.484 e. The SMILES string of the molecule is Cc1cc(Br)c(OCC2(N)CC2)c([N+](=O)[O-])c1.Cl. The topological polar surface area (TPSA) is 78.4 Å². The first-order valence-corrected chi connectivity index (χ1v) is 6.07. The molecular formula is C11H14BrClN2O3. The van der Waals surface area contributed by atoms with Crippen molar-refractivity contribution in [2.75, 3.05) is 6.61 Å². The van der Waals surface area contributed by atoms with E-state index in [1.807, 2.05) is 0 Å². The number of aryl methyl sites for hydroxylation is 1. The van der Waals surface area contributed by atoms with Crippen LogP contribution in [0.1, 0.15) is 18.4 Å². The molecule has 2 rings (SSSR count). The maximum atomic E-state index is 10.9. The molecule has 0 saturated heterocycles. The summed E-state index contributed by atoms with van der Waals surface area (Å²) in [5, 5.41) is 10.9. The van der Waals surface area contributed by atoms with Crippen molar-refractivity contribution in [3.8, 4) is 5.75 Å². The van der Waals surface area contributed by atoms with E-state index >= 15 is 0 Å². The Morgan fingerprint density at radius 1 is 1.56 bits per heavy atom. The van der Waals surface area contributed by atoms with Gasteiger partial charge >= 0.3 is 5.69 Å². The Morgan fingerprint density at radius 2 is 2.17 bits per heavy atom. The third-order valence-electron chi connectivity index (χ3n) is 2.76. The molecular weight excluding hydrogens is 323 g/mol. The molecule has 1 aliphatic rings. The molecule has 0 spiro atoms. The van der Waals surface area contributed by atoms with Gasteiger partial charge in [-0.25, -0.2) is 0 Å². The minimum absolute atomic E-state index is 0. The fourth-order valence-electron chi connectivity index (χ4n) is 1.51. The van der Waals surface area contributed by atoms with E-state index in [2.05, 4.69) is 15.9 Å². The number of nitrogens with zero attached hydrogens (tertiary/aromatic N) is 1. The highest BCUT2D eigenvalue weighted by atomic mass is 79.9. The number of benzene rings is 1. The summed E-state index contributed by atoms with van der Waals surface area (Å²) in [6.45, 7) is 2.11. The molecule has 2 N–H and O–H groups in total. The Kier molecular flexibility index (Phi) is 4.58. The number of hydrogen-bond donors (Lipinski definition) is 1. The molecule has 0 unspecified atom stereocenters. The van der Waals surface area contributed by atoms with Crippen LogP contribution in [0.25, 0.3) is 0 Å². The van der Waals surface area contributed by atoms with Crippen molar-refractivity contribution < 1.29 is 9.66 Å². The van der Waals surface area contributed by atoms with Gasteiger partial charge in [0.15, 0.2) is 0 Å². The number of hydrogen-bond acceptors (Lipinski definition) is 4. The molecule has 0 aromatic heterocycles. The molecule has 0 amide bonds. The van der Waals surface area contributed by atoms with Gasteiger partial charge in [0.25, 0.3) is 0 Å². The van der Waals surface area contributed by atoms with E-state index in [1.165, 1.54) is 6.07 Å². The molecule has 7 heteroatoms. The predicted molar refractivity (Wildman–Crippen MR) is 74.4 cm³/mol. The quantitative estimate of drug-likeness (QED) is 0.677. The molecule has 0 atom stereocenters. The van der Waals surface area contributed by atoms with Crippen LogP contribution in [0.15, 0.2) is 16.6 Å².